The van der Waals surface area contributed by atoms with Crippen LogP contribution < -0.4 is 0 Å². The number of nitrogens with zero attached hydrogens (tertiary/aromatic N) is 4. The maximum Gasteiger partial charge on any atom is 0.254 e. The van der Waals surface area contributed by atoms with Gasteiger partial charge in [0.15, 0.2) is 0 Å². The van der Waals surface area contributed by atoms with Crippen LogP contribution in [0.25, 0.3) is 0 Å². The third kappa shape index (κ3) is 4.87. The number of hydrogen-bond donors (Lipinski definition) is 0. The first kappa shape index (κ1) is 20.1. The molecule has 1 heterocycles. The van der Waals surface area contributed by atoms with Crippen LogP contribution in [0.1, 0.15) is 52.7 Å². The molecule has 0 spiro atoms. The molecule has 5 nitrogen and oxygen atoms in total. The summed E-state index contributed by atoms with van der Waals surface area (Å²) in [6.45, 7) is 3.54. The number of likely N-dealkylation sites (tertiary alicyclic amines) is 1. The van der Waals surface area contributed by atoms with Crippen molar-refractivity contribution in [3.8, 4) is 12.1 Å². The second-order valence-corrected chi connectivity index (χ2v) is 8.41. The van der Waals surface area contributed by atoms with Crippen molar-refractivity contribution >= 4 is 5.91 Å². The van der Waals surface area contributed by atoms with E-state index in [0.717, 1.165) is 44.6 Å². The first-order valence-corrected chi connectivity index (χ1v) is 10.7. The van der Waals surface area contributed by atoms with E-state index in [1.165, 1.54) is 12.8 Å². The van der Waals surface area contributed by atoms with Gasteiger partial charge in [0, 0.05) is 37.8 Å². The summed E-state index contributed by atoms with van der Waals surface area (Å²) >= 11 is 0. The molecule has 1 saturated heterocycles. The van der Waals surface area contributed by atoms with Crippen LogP contribution in [0.3, 0.4) is 0 Å². The minimum atomic E-state index is 0.0548. The molecule has 0 bridgehead atoms. The van der Waals surface area contributed by atoms with Crippen LogP contribution in [0, 0.1) is 28.6 Å². The summed E-state index contributed by atoms with van der Waals surface area (Å²) in [6.07, 6.45) is 4.31. The molecular formula is C25H26N4O. The van der Waals surface area contributed by atoms with Crippen molar-refractivity contribution < 1.29 is 4.79 Å². The normalized spacial score (nSPS) is 17.1. The highest BCUT2D eigenvalue weighted by molar-refractivity contribution is 5.94. The number of hydrogen-bond acceptors (Lipinski definition) is 4. The molecule has 5 heteroatoms. The van der Waals surface area contributed by atoms with E-state index in [4.69, 9.17) is 5.26 Å². The quantitative estimate of drug-likeness (QED) is 0.739. The minimum absolute atomic E-state index is 0.0548. The minimum Gasteiger partial charge on any atom is -0.335 e. The Kier molecular flexibility index (Phi) is 6.12. The van der Waals surface area contributed by atoms with Gasteiger partial charge in [-0.3, -0.25) is 9.69 Å². The summed E-state index contributed by atoms with van der Waals surface area (Å²) in [5, 5.41) is 18.3. The molecule has 2 fully saturated rings. The van der Waals surface area contributed by atoms with Gasteiger partial charge in [-0.25, -0.2) is 0 Å². The molecule has 1 aliphatic carbocycles. The highest BCUT2D eigenvalue weighted by Gasteiger charge is 2.33. The molecule has 1 aliphatic heterocycles. The lowest BCUT2D eigenvalue weighted by Crippen LogP contribution is -2.48. The van der Waals surface area contributed by atoms with E-state index in [-0.39, 0.29) is 11.9 Å². The first-order valence-electron chi connectivity index (χ1n) is 10.7. The van der Waals surface area contributed by atoms with Gasteiger partial charge in [0.1, 0.15) is 0 Å². The topological polar surface area (TPSA) is 71.1 Å². The lowest BCUT2D eigenvalue weighted by Gasteiger charge is -2.39. The molecule has 0 N–H and O–H groups in total. The molecular weight excluding hydrogens is 372 g/mol. The fourth-order valence-electron chi connectivity index (χ4n) is 4.25. The summed E-state index contributed by atoms with van der Waals surface area (Å²) < 4.78 is 0. The van der Waals surface area contributed by atoms with Gasteiger partial charge in [0.2, 0.25) is 0 Å². The van der Waals surface area contributed by atoms with Crippen molar-refractivity contribution in [1.82, 2.24) is 9.80 Å². The lowest BCUT2D eigenvalue weighted by molar-refractivity contribution is 0.0552. The van der Waals surface area contributed by atoms with Crippen molar-refractivity contribution in [3.05, 3.63) is 70.8 Å². The Morgan fingerprint density at radius 2 is 1.63 bits per heavy atom. The Hall–Kier alpha value is -3.15. The number of amides is 1. The van der Waals surface area contributed by atoms with Crippen LogP contribution in [0.2, 0.25) is 0 Å². The second-order valence-electron chi connectivity index (χ2n) is 8.41. The highest BCUT2D eigenvalue weighted by atomic mass is 16.2. The summed E-state index contributed by atoms with van der Waals surface area (Å²) in [5.74, 6) is 0.680. The number of carbonyl (C=O) groups excluding carboxylic acids is 1. The Labute approximate surface area is 178 Å². The van der Waals surface area contributed by atoms with E-state index < -0.39 is 0 Å². The SMILES string of the molecule is N#Cc1cccc(CN2CCC(N(CC3CC3)C(=O)c3cccc(C#N)c3)CC2)c1. The van der Waals surface area contributed by atoms with Gasteiger partial charge in [-0.05, 0) is 67.5 Å². The van der Waals surface area contributed by atoms with Gasteiger partial charge in [-0.1, -0.05) is 18.2 Å². The Balaban J connectivity index is 1.41. The first-order chi connectivity index (χ1) is 14.7. The maximum atomic E-state index is 13.3. The molecule has 0 aromatic heterocycles. The van der Waals surface area contributed by atoms with Crippen LogP contribution in [0.5, 0.6) is 0 Å². The second kappa shape index (κ2) is 9.11. The van der Waals surface area contributed by atoms with E-state index in [2.05, 4.69) is 28.0 Å². The molecule has 2 aromatic carbocycles. The van der Waals surface area contributed by atoms with E-state index in [9.17, 15) is 10.1 Å². The molecule has 30 heavy (non-hydrogen) atoms. The lowest BCUT2D eigenvalue weighted by atomic mass is 10.00. The average molecular weight is 399 g/mol. The van der Waals surface area contributed by atoms with Gasteiger partial charge >= 0.3 is 0 Å². The van der Waals surface area contributed by atoms with Crippen molar-refractivity contribution in [1.29, 1.82) is 10.5 Å². The average Bonchev–Trinajstić information content (AvgIpc) is 3.62. The summed E-state index contributed by atoms with van der Waals surface area (Å²) in [5.41, 5.74) is 3.00. The summed E-state index contributed by atoms with van der Waals surface area (Å²) in [4.78, 5) is 17.8. The van der Waals surface area contributed by atoms with E-state index in [0.29, 0.717) is 22.6 Å². The van der Waals surface area contributed by atoms with Crippen molar-refractivity contribution in [2.24, 2.45) is 5.92 Å². The van der Waals surface area contributed by atoms with E-state index >= 15 is 0 Å². The Morgan fingerprint density at radius 1 is 0.967 bits per heavy atom. The Morgan fingerprint density at radius 3 is 2.30 bits per heavy atom. The molecule has 0 unspecified atom stereocenters. The zero-order valence-corrected chi connectivity index (χ0v) is 17.1. The largest absolute Gasteiger partial charge is 0.335 e. The molecule has 0 atom stereocenters. The fourth-order valence-corrected chi connectivity index (χ4v) is 4.25. The van der Waals surface area contributed by atoms with Crippen LogP contribution in [0.4, 0.5) is 0 Å². The van der Waals surface area contributed by atoms with E-state index in [1.807, 2.05) is 24.3 Å². The summed E-state index contributed by atoms with van der Waals surface area (Å²) in [6, 6.07) is 19.4. The van der Waals surface area contributed by atoms with Crippen LogP contribution in [-0.2, 0) is 6.54 Å². The molecule has 1 saturated carbocycles. The van der Waals surface area contributed by atoms with Crippen LogP contribution in [-0.4, -0.2) is 41.4 Å². The predicted octanol–water partition coefficient (Wildman–Crippen LogP) is 3.95. The van der Waals surface area contributed by atoms with E-state index in [1.54, 1.807) is 18.2 Å². The van der Waals surface area contributed by atoms with Gasteiger partial charge in [0.05, 0.1) is 23.3 Å². The number of carbonyl (C=O) groups is 1. The maximum absolute atomic E-state index is 13.3. The Bertz CT molecular complexity index is 991. The predicted molar refractivity (Wildman–Crippen MR) is 114 cm³/mol. The van der Waals surface area contributed by atoms with Gasteiger partial charge in [-0.2, -0.15) is 10.5 Å². The zero-order chi connectivity index (χ0) is 20.9. The molecule has 2 aliphatic rings. The number of nitriles is 2. The fraction of sp³-hybridized carbons (Fsp3) is 0.400. The monoisotopic (exact) mass is 398 g/mol. The zero-order valence-electron chi connectivity index (χ0n) is 17.1. The van der Waals surface area contributed by atoms with Gasteiger partial charge in [0.25, 0.3) is 5.91 Å². The number of benzene rings is 2. The molecule has 4 rings (SSSR count). The van der Waals surface area contributed by atoms with Crippen molar-refractivity contribution in [3.63, 3.8) is 0 Å². The third-order valence-corrected chi connectivity index (χ3v) is 6.11. The highest BCUT2D eigenvalue weighted by Crippen LogP contribution is 2.32. The van der Waals surface area contributed by atoms with Gasteiger partial charge in [-0.15, -0.1) is 0 Å². The molecule has 152 valence electrons. The van der Waals surface area contributed by atoms with Gasteiger partial charge < -0.3 is 4.90 Å². The molecule has 1 amide bonds. The van der Waals surface area contributed by atoms with Crippen molar-refractivity contribution in [2.75, 3.05) is 19.6 Å². The standard InChI is InChI=1S/C25H26N4O/c26-15-20-3-1-5-22(13-20)17-28-11-9-24(10-12-28)29(18-19-7-8-19)25(30)23-6-2-4-21(14-23)16-27/h1-6,13-14,19,24H,7-12,17-18H2. The number of rotatable bonds is 6. The molecule has 0 radical (unpaired) electrons. The van der Waals surface area contributed by atoms with Crippen molar-refractivity contribution in [2.45, 2.75) is 38.3 Å². The van der Waals surface area contributed by atoms with Crippen LogP contribution >= 0.6 is 0 Å². The third-order valence-electron chi connectivity index (χ3n) is 6.11. The molecule has 2 aromatic rings. The smallest absolute Gasteiger partial charge is 0.254 e. The summed E-state index contributed by atoms with van der Waals surface area (Å²) in [7, 11) is 0. The van der Waals surface area contributed by atoms with Crippen LogP contribution in [0.15, 0.2) is 48.5 Å². The number of piperidine rings is 1.